The van der Waals surface area contributed by atoms with Crippen molar-refractivity contribution in [1.29, 1.82) is 0 Å². The normalized spacial score (nSPS) is 10.8. The topological polar surface area (TPSA) is 83.8 Å². The van der Waals surface area contributed by atoms with Crippen LogP contribution in [0.5, 0.6) is 0 Å². The molecule has 0 aliphatic carbocycles. The lowest BCUT2D eigenvalue weighted by atomic mass is 10.1. The van der Waals surface area contributed by atoms with Crippen molar-refractivity contribution in [3.8, 4) is 22.6 Å². The molecule has 0 bridgehead atoms. The fraction of sp³-hybridized carbons (Fsp3) is 0.133. The molecule has 0 spiro atoms. The summed E-state index contributed by atoms with van der Waals surface area (Å²) in [6, 6.07) is 10.2. The summed E-state index contributed by atoms with van der Waals surface area (Å²) in [4.78, 5) is 13.2. The van der Waals surface area contributed by atoms with Crippen LogP contribution in [0.15, 0.2) is 48.9 Å². The number of halogens is 3. The van der Waals surface area contributed by atoms with E-state index >= 15 is 0 Å². The summed E-state index contributed by atoms with van der Waals surface area (Å²) in [5.74, 6) is -1.79. The Balaban J connectivity index is 0.000000256. The van der Waals surface area contributed by atoms with Gasteiger partial charge in [0, 0.05) is 36.8 Å². The molecule has 2 heterocycles. The van der Waals surface area contributed by atoms with Gasteiger partial charge in [-0.3, -0.25) is 5.10 Å². The zero-order valence-corrected chi connectivity index (χ0v) is 12.4. The van der Waals surface area contributed by atoms with Crippen LogP contribution in [0.25, 0.3) is 22.6 Å². The van der Waals surface area contributed by atoms with Crippen LogP contribution >= 0.6 is 0 Å². The Labute approximate surface area is 134 Å². The van der Waals surface area contributed by atoms with Crippen molar-refractivity contribution in [2.45, 2.75) is 6.18 Å². The number of carboxylic acid groups (broad SMARTS) is 1. The van der Waals surface area contributed by atoms with Gasteiger partial charge in [-0.2, -0.15) is 18.3 Å². The second-order valence-electron chi connectivity index (χ2n) is 4.72. The van der Waals surface area contributed by atoms with Crippen LogP contribution in [0.2, 0.25) is 0 Å². The first-order valence-corrected chi connectivity index (χ1v) is 6.66. The van der Waals surface area contributed by atoms with Crippen molar-refractivity contribution < 1.29 is 23.1 Å². The maximum Gasteiger partial charge on any atom is 0.490 e. The number of nitrogens with one attached hydrogen (secondary N) is 1. The van der Waals surface area contributed by atoms with Gasteiger partial charge in [-0.05, 0) is 12.1 Å². The van der Waals surface area contributed by atoms with E-state index in [1.54, 1.807) is 12.4 Å². The molecule has 3 aromatic rings. The van der Waals surface area contributed by atoms with E-state index in [0.29, 0.717) is 0 Å². The maximum absolute atomic E-state index is 10.6. The number of H-pyrrole nitrogens is 1. The Bertz CT molecular complexity index is 810. The number of rotatable bonds is 2. The fourth-order valence-electron chi connectivity index (χ4n) is 1.89. The predicted molar refractivity (Wildman–Crippen MR) is 79.9 cm³/mol. The van der Waals surface area contributed by atoms with Crippen LogP contribution in [0, 0.1) is 0 Å². The Morgan fingerprint density at radius 2 is 1.88 bits per heavy atom. The summed E-state index contributed by atoms with van der Waals surface area (Å²) in [5, 5.41) is 14.1. The lowest BCUT2D eigenvalue weighted by Gasteiger charge is -2.04. The van der Waals surface area contributed by atoms with Gasteiger partial charge in [0.15, 0.2) is 0 Å². The molecule has 24 heavy (non-hydrogen) atoms. The molecule has 0 aliphatic rings. The van der Waals surface area contributed by atoms with E-state index in [0.717, 1.165) is 22.6 Å². The second-order valence-corrected chi connectivity index (χ2v) is 4.72. The minimum atomic E-state index is -5.08. The number of aryl methyl sites for hydroxylation is 1. The van der Waals surface area contributed by atoms with E-state index in [1.165, 1.54) is 0 Å². The smallest absolute Gasteiger partial charge is 0.475 e. The van der Waals surface area contributed by atoms with Gasteiger partial charge < -0.3 is 9.67 Å². The monoisotopic (exact) mass is 338 g/mol. The van der Waals surface area contributed by atoms with Crippen LogP contribution in [0.4, 0.5) is 13.2 Å². The van der Waals surface area contributed by atoms with Crippen molar-refractivity contribution in [2.24, 2.45) is 7.05 Å². The van der Waals surface area contributed by atoms with Crippen LogP contribution in [-0.2, 0) is 11.8 Å². The van der Waals surface area contributed by atoms with E-state index in [2.05, 4.69) is 33.4 Å². The highest BCUT2D eigenvalue weighted by Crippen LogP contribution is 2.23. The highest BCUT2D eigenvalue weighted by atomic mass is 19.4. The number of aromatic nitrogens is 4. The lowest BCUT2D eigenvalue weighted by Crippen LogP contribution is -2.21. The third-order valence-electron chi connectivity index (χ3n) is 3.00. The number of aliphatic carboxylic acids is 1. The van der Waals surface area contributed by atoms with Gasteiger partial charge in [-0.25, -0.2) is 9.78 Å². The van der Waals surface area contributed by atoms with Crippen molar-refractivity contribution in [1.82, 2.24) is 19.7 Å². The molecule has 0 aliphatic heterocycles. The summed E-state index contributed by atoms with van der Waals surface area (Å²) in [5.41, 5.74) is 3.23. The summed E-state index contributed by atoms with van der Waals surface area (Å²) < 4.78 is 33.7. The Morgan fingerprint density at radius 1 is 1.21 bits per heavy atom. The van der Waals surface area contributed by atoms with Crippen LogP contribution in [-0.4, -0.2) is 37.0 Å². The van der Waals surface area contributed by atoms with Crippen LogP contribution in [0.3, 0.4) is 0 Å². The standard InChI is InChI=1S/C13H12N4.C2HF3O2/c1-17-8-7-14-13(17)11-4-2-3-10(9-11)12-5-6-15-16-12;3-2(4,5)1(6)7/h2-9H,1H3,(H,15,16);(H,6,7). The van der Waals surface area contributed by atoms with E-state index in [9.17, 15) is 13.2 Å². The third kappa shape index (κ3) is 4.22. The molecule has 126 valence electrons. The minimum absolute atomic E-state index is 0.964. The molecule has 6 nitrogen and oxygen atoms in total. The first-order valence-electron chi connectivity index (χ1n) is 6.66. The lowest BCUT2D eigenvalue weighted by molar-refractivity contribution is -0.192. The van der Waals surface area contributed by atoms with Gasteiger partial charge >= 0.3 is 12.1 Å². The molecule has 3 rings (SSSR count). The second kappa shape index (κ2) is 6.99. The largest absolute Gasteiger partial charge is 0.490 e. The molecule has 9 heteroatoms. The van der Waals surface area contributed by atoms with Gasteiger partial charge in [0.2, 0.25) is 0 Å². The zero-order chi connectivity index (χ0) is 17.7. The van der Waals surface area contributed by atoms with Crippen molar-refractivity contribution in [2.75, 3.05) is 0 Å². The molecular formula is C15H13F3N4O2. The molecule has 2 N–H and O–H groups in total. The minimum Gasteiger partial charge on any atom is -0.475 e. The van der Waals surface area contributed by atoms with Crippen LogP contribution < -0.4 is 0 Å². The van der Waals surface area contributed by atoms with E-state index in [-0.39, 0.29) is 0 Å². The molecule has 0 fully saturated rings. The average Bonchev–Trinajstić information content (AvgIpc) is 3.18. The number of nitrogens with zero attached hydrogens (tertiary/aromatic N) is 3. The van der Waals surface area contributed by atoms with Gasteiger partial charge in [0.05, 0.1) is 5.69 Å². The molecule has 0 saturated heterocycles. The number of alkyl halides is 3. The predicted octanol–water partition coefficient (Wildman–Crippen LogP) is 3.11. The quantitative estimate of drug-likeness (QED) is 0.752. The highest BCUT2D eigenvalue weighted by molar-refractivity contribution is 5.73. The van der Waals surface area contributed by atoms with E-state index in [1.807, 2.05) is 29.9 Å². The molecule has 0 atom stereocenters. The third-order valence-corrected chi connectivity index (χ3v) is 3.00. The summed E-state index contributed by atoms with van der Waals surface area (Å²) in [7, 11) is 1.99. The first-order chi connectivity index (χ1) is 11.3. The van der Waals surface area contributed by atoms with Crippen molar-refractivity contribution >= 4 is 5.97 Å². The number of aromatic amines is 1. The Kier molecular flexibility index (Phi) is 5.02. The summed E-state index contributed by atoms with van der Waals surface area (Å²) in [6.45, 7) is 0. The van der Waals surface area contributed by atoms with Crippen molar-refractivity contribution in [3.63, 3.8) is 0 Å². The van der Waals surface area contributed by atoms with E-state index in [4.69, 9.17) is 9.90 Å². The molecule has 0 saturated carbocycles. The number of carboxylic acids is 1. The van der Waals surface area contributed by atoms with Gasteiger partial charge in [0.25, 0.3) is 0 Å². The van der Waals surface area contributed by atoms with Gasteiger partial charge in [-0.1, -0.05) is 18.2 Å². The zero-order valence-electron chi connectivity index (χ0n) is 12.4. The number of hydrogen-bond acceptors (Lipinski definition) is 3. The number of hydrogen-bond donors (Lipinski definition) is 2. The molecule has 2 aromatic heterocycles. The molecule has 0 unspecified atom stereocenters. The average molecular weight is 338 g/mol. The highest BCUT2D eigenvalue weighted by Gasteiger charge is 2.38. The van der Waals surface area contributed by atoms with Crippen LogP contribution in [0.1, 0.15) is 0 Å². The number of imidazole rings is 1. The Morgan fingerprint density at radius 3 is 2.38 bits per heavy atom. The number of carbonyl (C=O) groups is 1. The van der Waals surface area contributed by atoms with Gasteiger partial charge in [0.1, 0.15) is 5.82 Å². The molecule has 1 aromatic carbocycles. The first kappa shape index (κ1) is 17.3. The molecule has 0 radical (unpaired) electrons. The van der Waals surface area contributed by atoms with E-state index < -0.39 is 12.1 Å². The van der Waals surface area contributed by atoms with Crippen molar-refractivity contribution in [3.05, 3.63) is 48.9 Å². The van der Waals surface area contributed by atoms with Gasteiger partial charge in [-0.15, -0.1) is 0 Å². The molecule has 0 amide bonds. The Hall–Kier alpha value is -3.10. The molecular weight excluding hydrogens is 325 g/mol. The SMILES string of the molecule is Cn1ccnc1-c1cccc(-c2ccn[nH]2)c1.O=C(O)C(F)(F)F. The summed E-state index contributed by atoms with van der Waals surface area (Å²) >= 11 is 0. The summed E-state index contributed by atoms with van der Waals surface area (Å²) in [6.07, 6.45) is 0.416. The fourth-order valence-corrected chi connectivity index (χ4v) is 1.89. The number of benzene rings is 1. The maximum atomic E-state index is 10.6.